The Morgan fingerprint density at radius 3 is 2.70 bits per heavy atom. The van der Waals surface area contributed by atoms with Gasteiger partial charge in [-0.15, -0.1) is 5.10 Å². The molecule has 1 aromatic heterocycles. The molecule has 0 bridgehead atoms. The zero-order chi connectivity index (χ0) is 19.2. The van der Waals surface area contributed by atoms with Crippen LogP contribution in [0.5, 0.6) is 0 Å². The van der Waals surface area contributed by atoms with Crippen LogP contribution in [0.4, 0.5) is 13.2 Å². The minimum Gasteiger partial charge on any atom is -0.336 e. The highest BCUT2D eigenvalue weighted by atomic mass is 19.4. The van der Waals surface area contributed by atoms with Gasteiger partial charge in [0, 0.05) is 25.6 Å². The van der Waals surface area contributed by atoms with Crippen molar-refractivity contribution >= 4 is 5.91 Å². The van der Waals surface area contributed by atoms with E-state index in [1.165, 1.54) is 10.7 Å². The summed E-state index contributed by atoms with van der Waals surface area (Å²) in [5.74, 6) is -0.132. The van der Waals surface area contributed by atoms with E-state index in [1.54, 1.807) is 18.0 Å². The van der Waals surface area contributed by atoms with Crippen LogP contribution in [0.25, 0.3) is 5.69 Å². The molecule has 0 spiro atoms. The fourth-order valence-corrected chi connectivity index (χ4v) is 3.47. The highest BCUT2D eigenvalue weighted by Gasteiger charge is 2.37. The summed E-state index contributed by atoms with van der Waals surface area (Å²) in [7, 11) is 1.74. The molecule has 1 saturated heterocycles. The van der Waals surface area contributed by atoms with E-state index in [-0.39, 0.29) is 29.2 Å². The zero-order valence-electron chi connectivity index (χ0n) is 14.8. The Kier molecular flexibility index (Phi) is 4.41. The normalized spacial score (nSPS) is 20.1. The lowest BCUT2D eigenvalue weighted by Crippen LogP contribution is -2.39. The van der Waals surface area contributed by atoms with Gasteiger partial charge in [-0.3, -0.25) is 4.79 Å². The average molecular weight is 379 g/mol. The van der Waals surface area contributed by atoms with Gasteiger partial charge in [0.1, 0.15) is 0 Å². The van der Waals surface area contributed by atoms with E-state index in [0.29, 0.717) is 5.69 Å². The van der Waals surface area contributed by atoms with Crippen LogP contribution in [-0.4, -0.2) is 52.0 Å². The van der Waals surface area contributed by atoms with Crippen molar-refractivity contribution in [2.45, 2.75) is 37.4 Å². The van der Waals surface area contributed by atoms with Gasteiger partial charge in [-0.2, -0.15) is 13.2 Å². The predicted octanol–water partition coefficient (Wildman–Crippen LogP) is 2.60. The molecular formula is C18H20F3N5O. The zero-order valence-corrected chi connectivity index (χ0v) is 14.8. The number of carbonyl (C=O) groups excluding carboxylic acids is 1. The highest BCUT2D eigenvalue weighted by Crippen LogP contribution is 2.42. The smallest absolute Gasteiger partial charge is 0.336 e. The molecule has 4 rings (SSSR count). The van der Waals surface area contributed by atoms with Gasteiger partial charge in [0.25, 0.3) is 5.91 Å². The van der Waals surface area contributed by atoms with Gasteiger partial charge >= 0.3 is 6.18 Å². The Morgan fingerprint density at radius 2 is 2.07 bits per heavy atom. The number of rotatable bonds is 4. The molecule has 1 aliphatic heterocycles. The van der Waals surface area contributed by atoms with Crippen molar-refractivity contribution in [3.05, 3.63) is 41.2 Å². The summed E-state index contributed by atoms with van der Waals surface area (Å²) >= 11 is 0. The Morgan fingerprint density at radius 1 is 1.30 bits per heavy atom. The molecule has 1 aromatic carbocycles. The molecule has 27 heavy (non-hydrogen) atoms. The van der Waals surface area contributed by atoms with Gasteiger partial charge in [0.2, 0.25) is 0 Å². The van der Waals surface area contributed by atoms with E-state index in [2.05, 4.69) is 15.6 Å². The summed E-state index contributed by atoms with van der Waals surface area (Å²) in [4.78, 5) is 14.6. The topological polar surface area (TPSA) is 63.1 Å². The Hall–Kier alpha value is -2.42. The van der Waals surface area contributed by atoms with Gasteiger partial charge in [0.15, 0.2) is 5.69 Å². The molecule has 144 valence electrons. The first-order valence-electron chi connectivity index (χ1n) is 8.97. The lowest BCUT2D eigenvalue weighted by Gasteiger charge is -2.23. The predicted molar refractivity (Wildman–Crippen MR) is 91.7 cm³/mol. The van der Waals surface area contributed by atoms with Crippen molar-refractivity contribution in [3.63, 3.8) is 0 Å². The van der Waals surface area contributed by atoms with E-state index in [9.17, 15) is 18.0 Å². The molecule has 0 unspecified atom stereocenters. The number of carbonyl (C=O) groups is 1. The Balaban J connectivity index is 1.71. The second-order valence-electron chi connectivity index (χ2n) is 7.12. The van der Waals surface area contributed by atoms with Crippen LogP contribution in [-0.2, 0) is 6.18 Å². The van der Waals surface area contributed by atoms with Crippen LogP contribution in [0.3, 0.4) is 0 Å². The van der Waals surface area contributed by atoms with Gasteiger partial charge < -0.3 is 10.2 Å². The summed E-state index contributed by atoms with van der Waals surface area (Å²) in [6.45, 7) is 1.58. The first-order valence-corrected chi connectivity index (χ1v) is 8.97. The highest BCUT2D eigenvalue weighted by molar-refractivity contribution is 5.93. The van der Waals surface area contributed by atoms with E-state index < -0.39 is 11.7 Å². The summed E-state index contributed by atoms with van der Waals surface area (Å²) in [6, 6.07) is 5.04. The Bertz CT molecular complexity index is 853. The molecule has 1 N–H and O–H groups in total. The number of benzene rings is 1. The monoisotopic (exact) mass is 379 g/mol. The van der Waals surface area contributed by atoms with Crippen molar-refractivity contribution in [2.75, 3.05) is 20.1 Å². The number of hydrogen-bond donors (Lipinski definition) is 1. The first-order chi connectivity index (χ1) is 12.9. The van der Waals surface area contributed by atoms with Crippen molar-refractivity contribution in [1.82, 2.24) is 25.2 Å². The van der Waals surface area contributed by atoms with Gasteiger partial charge in [-0.25, -0.2) is 4.68 Å². The van der Waals surface area contributed by atoms with Crippen molar-refractivity contribution in [1.29, 1.82) is 0 Å². The summed E-state index contributed by atoms with van der Waals surface area (Å²) in [6.07, 6.45) is -1.82. The van der Waals surface area contributed by atoms with E-state index in [1.807, 2.05) is 0 Å². The molecule has 1 saturated carbocycles. The number of alkyl halides is 3. The second-order valence-corrected chi connectivity index (χ2v) is 7.12. The summed E-state index contributed by atoms with van der Waals surface area (Å²) in [5, 5.41) is 11.3. The molecular weight excluding hydrogens is 359 g/mol. The number of amides is 1. The van der Waals surface area contributed by atoms with Gasteiger partial charge in [0.05, 0.1) is 16.9 Å². The van der Waals surface area contributed by atoms with E-state index >= 15 is 0 Å². The summed E-state index contributed by atoms with van der Waals surface area (Å²) in [5.41, 5.74) is 0.365. The van der Waals surface area contributed by atoms with Crippen molar-refractivity contribution in [2.24, 2.45) is 0 Å². The quantitative estimate of drug-likeness (QED) is 0.887. The molecule has 2 heterocycles. The average Bonchev–Trinajstić information content (AvgIpc) is 3.17. The van der Waals surface area contributed by atoms with Crippen LogP contribution in [0.15, 0.2) is 24.3 Å². The lowest BCUT2D eigenvalue weighted by atomic mass is 10.1. The number of hydrogen-bond acceptors (Lipinski definition) is 4. The molecule has 1 amide bonds. The number of nitrogens with zero attached hydrogens (tertiary/aromatic N) is 4. The van der Waals surface area contributed by atoms with E-state index in [4.69, 9.17) is 0 Å². The molecule has 2 fully saturated rings. The van der Waals surface area contributed by atoms with Gasteiger partial charge in [-0.05, 0) is 44.0 Å². The fraction of sp³-hybridized carbons (Fsp3) is 0.500. The molecule has 1 aliphatic carbocycles. The first kappa shape index (κ1) is 18.0. The maximum absolute atomic E-state index is 13.1. The second kappa shape index (κ2) is 6.63. The molecule has 0 radical (unpaired) electrons. The lowest BCUT2D eigenvalue weighted by molar-refractivity contribution is -0.137. The van der Waals surface area contributed by atoms with E-state index in [0.717, 1.165) is 44.5 Å². The minimum atomic E-state index is -4.44. The largest absolute Gasteiger partial charge is 0.416 e. The summed E-state index contributed by atoms with van der Waals surface area (Å²) < 4.78 is 40.6. The standard InChI is InChI=1S/C18H20F3N5O/c1-25(14-7-8-22-10-14)17(27)15-16(11-5-6-11)26(24-23-15)13-4-2-3-12(9-13)18(19,20)21/h2-4,9,11,14,22H,5-8,10H2,1H3/t14-/m1/s1. The van der Waals surface area contributed by atoms with Crippen molar-refractivity contribution < 1.29 is 18.0 Å². The molecule has 1 atom stereocenters. The fourth-order valence-electron chi connectivity index (χ4n) is 3.47. The molecule has 2 aliphatic rings. The SMILES string of the molecule is CN(C(=O)c1nnn(-c2cccc(C(F)(F)F)c2)c1C1CC1)[C@@H]1CCNC1. The number of halogens is 3. The van der Waals surface area contributed by atoms with Crippen LogP contribution in [0, 0.1) is 0 Å². The number of aromatic nitrogens is 3. The maximum Gasteiger partial charge on any atom is 0.416 e. The number of nitrogens with one attached hydrogen (secondary N) is 1. The third kappa shape index (κ3) is 3.43. The van der Waals surface area contributed by atoms with Gasteiger partial charge in [-0.1, -0.05) is 11.3 Å². The third-order valence-electron chi connectivity index (χ3n) is 5.19. The number of likely N-dealkylation sites (N-methyl/N-ethyl adjacent to an activating group) is 1. The van der Waals surface area contributed by atoms with Crippen LogP contribution >= 0.6 is 0 Å². The molecule has 6 nitrogen and oxygen atoms in total. The van der Waals surface area contributed by atoms with Crippen molar-refractivity contribution in [3.8, 4) is 5.69 Å². The van der Waals surface area contributed by atoms with Crippen LogP contribution in [0.1, 0.15) is 46.9 Å². The molecule has 2 aromatic rings. The van der Waals surface area contributed by atoms with Crippen LogP contribution in [0.2, 0.25) is 0 Å². The maximum atomic E-state index is 13.1. The Labute approximate surface area is 154 Å². The molecule has 9 heteroatoms. The van der Waals surface area contributed by atoms with Crippen LogP contribution < -0.4 is 5.32 Å². The minimum absolute atomic E-state index is 0.0864. The third-order valence-corrected chi connectivity index (χ3v) is 5.19.